The quantitative estimate of drug-likeness (QED) is 0.325. The van der Waals surface area contributed by atoms with Gasteiger partial charge >= 0.3 is 5.97 Å². The number of nitrogens with zero attached hydrogens (tertiary/aromatic N) is 3. The number of carbonyl (C=O) groups is 1. The van der Waals surface area contributed by atoms with E-state index in [1.54, 1.807) is 44.3 Å². The molecule has 0 radical (unpaired) electrons. The normalized spacial score (nSPS) is 12.4. The van der Waals surface area contributed by atoms with Crippen LogP contribution in [0, 0.1) is 0 Å². The molecule has 0 aliphatic carbocycles. The number of esters is 1. The van der Waals surface area contributed by atoms with E-state index in [2.05, 4.69) is 21.0 Å². The van der Waals surface area contributed by atoms with Gasteiger partial charge in [-0.3, -0.25) is 4.79 Å². The van der Waals surface area contributed by atoms with Crippen LogP contribution in [0.25, 0.3) is 10.9 Å². The van der Waals surface area contributed by atoms with Gasteiger partial charge in [-0.2, -0.15) is 9.78 Å². The second-order valence-electron chi connectivity index (χ2n) is 7.67. The van der Waals surface area contributed by atoms with E-state index in [-0.39, 0.29) is 24.2 Å². The van der Waals surface area contributed by atoms with Crippen molar-refractivity contribution in [3.05, 3.63) is 68.7 Å². The summed E-state index contributed by atoms with van der Waals surface area (Å²) >= 11 is 3.41. The van der Waals surface area contributed by atoms with Gasteiger partial charge in [0.25, 0.3) is 5.56 Å². The number of halogens is 1. The van der Waals surface area contributed by atoms with E-state index in [0.29, 0.717) is 28.0 Å². The molecule has 0 fully saturated rings. The zero-order valence-corrected chi connectivity index (χ0v) is 20.1. The second kappa shape index (κ2) is 10.5. The van der Waals surface area contributed by atoms with Gasteiger partial charge in [0.15, 0.2) is 6.61 Å². The summed E-state index contributed by atoms with van der Waals surface area (Å²) in [6, 6.07) is 12.6. The highest BCUT2D eigenvalue weighted by atomic mass is 79.9. The van der Waals surface area contributed by atoms with E-state index in [0.717, 1.165) is 10.9 Å². The molecule has 3 aromatic rings. The molecular formula is C24H26BrN3O4. The fourth-order valence-electron chi connectivity index (χ4n) is 3.05. The highest BCUT2D eigenvalue weighted by Crippen LogP contribution is 2.21. The van der Waals surface area contributed by atoms with Crippen LogP contribution in [0.4, 0.5) is 0 Å². The molecule has 168 valence electrons. The number of aromatic nitrogens is 2. The molecule has 0 aliphatic rings. The maximum Gasteiger partial charge on any atom is 0.344 e. The number of fused-ring (bicyclic) bond motifs is 1. The number of hydrogen-bond donors (Lipinski definition) is 0. The van der Waals surface area contributed by atoms with Gasteiger partial charge < -0.3 is 9.47 Å². The minimum absolute atomic E-state index is 0.0326. The van der Waals surface area contributed by atoms with Crippen LogP contribution in [-0.4, -0.2) is 34.6 Å². The zero-order valence-electron chi connectivity index (χ0n) is 18.5. The Hall–Kier alpha value is -3.00. The molecule has 1 atom stereocenters. The number of ether oxygens (including phenoxy) is 2. The van der Waals surface area contributed by atoms with Crippen LogP contribution >= 0.6 is 15.9 Å². The molecule has 0 saturated heterocycles. The van der Waals surface area contributed by atoms with Gasteiger partial charge in [0.1, 0.15) is 11.6 Å². The summed E-state index contributed by atoms with van der Waals surface area (Å²) in [7, 11) is 0. The molecular weight excluding hydrogens is 474 g/mol. The Kier molecular flexibility index (Phi) is 7.80. The van der Waals surface area contributed by atoms with Gasteiger partial charge in [0, 0.05) is 16.0 Å². The van der Waals surface area contributed by atoms with Crippen molar-refractivity contribution < 1.29 is 14.3 Å². The summed E-state index contributed by atoms with van der Waals surface area (Å²) in [4.78, 5) is 29.8. The topological polar surface area (TPSA) is 82.8 Å². The van der Waals surface area contributed by atoms with Gasteiger partial charge in [-0.05, 0) is 50.6 Å². The molecule has 0 N–H and O–H groups in total. The first kappa shape index (κ1) is 23.7. The van der Waals surface area contributed by atoms with Gasteiger partial charge in [0.2, 0.25) is 0 Å². The van der Waals surface area contributed by atoms with E-state index >= 15 is 0 Å². The van der Waals surface area contributed by atoms with Gasteiger partial charge in [-0.25, -0.2) is 9.78 Å². The molecule has 0 aliphatic heterocycles. The van der Waals surface area contributed by atoms with Crippen molar-refractivity contribution in [2.75, 3.05) is 6.61 Å². The summed E-state index contributed by atoms with van der Waals surface area (Å²) in [5.41, 5.74) is 1.01. The van der Waals surface area contributed by atoms with Crippen LogP contribution in [0.3, 0.4) is 0 Å². The monoisotopic (exact) mass is 499 g/mol. The van der Waals surface area contributed by atoms with Gasteiger partial charge in [-0.1, -0.05) is 41.9 Å². The van der Waals surface area contributed by atoms with E-state index < -0.39 is 5.97 Å². The largest absolute Gasteiger partial charge is 0.481 e. The average molecular weight is 500 g/mol. The van der Waals surface area contributed by atoms with Gasteiger partial charge in [0.05, 0.1) is 23.2 Å². The molecule has 0 amide bonds. The molecule has 7 nitrogen and oxygen atoms in total. The molecule has 3 rings (SSSR count). The minimum atomic E-state index is -0.452. The fraction of sp³-hybridized carbons (Fsp3) is 0.333. The summed E-state index contributed by atoms with van der Waals surface area (Å²) in [6.45, 7) is 7.39. The SMILES string of the molecule is CC[C@@H](C)c1nc2ccc(Br)cc2c(=O)n1N=Cc1ccccc1OCC(=O)OC(C)C. The smallest absolute Gasteiger partial charge is 0.344 e. The first-order valence-electron chi connectivity index (χ1n) is 10.5. The summed E-state index contributed by atoms with van der Waals surface area (Å²) in [6.07, 6.45) is 2.14. The van der Waals surface area contributed by atoms with Crippen molar-refractivity contribution >= 4 is 39.0 Å². The maximum absolute atomic E-state index is 13.2. The number of para-hydroxylation sites is 1. The van der Waals surface area contributed by atoms with E-state index in [1.807, 2.05) is 32.0 Å². The lowest BCUT2D eigenvalue weighted by Crippen LogP contribution is -2.23. The first-order chi connectivity index (χ1) is 15.3. The molecule has 1 heterocycles. The average Bonchev–Trinajstić information content (AvgIpc) is 2.77. The minimum Gasteiger partial charge on any atom is -0.481 e. The fourth-order valence-corrected chi connectivity index (χ4v) is 3.41. The molecule has 2 aromatic carbocycles. The number of carbonyl (C=O) groups excluding carboxylic acids is 1. The van der Waals surface area contributed by atoms with Crippen molar-refractivity contribution in [1.82, 2.24) is 9.66 Å². The Morgan fingerprint density at radius 2 is 1.97 bits per heavy atom. The molecule has 8 heteroatoms. The van der Waals surface area contributed by atoms with Crippen LogP contribution in [-0.2, 0) is 9.53 Å². The Morgan fingerprint density at radius 3 is 2.69 bits per heavy atom. The zero-order chi connectivity index (χ0) is 23.3. The van der Waals surface area contributed by atoms with Crippen LogP contribution in [0.15, 0.2) is 56.8 Å². The van der Waals surface area contributed by atoms with Crippen molar-refractivity contribution in [1.29, 1.82) is 0 Å². The van der Waals surface area contributed by atoms with Crippen molar-refractivity contribution in [2.45, 2.75) is 46.1 Å². The highest BCUT2D eigenvalue weighted by Gasteiger charge is 2.16. The predicted molar refractivity (Wildman–Crippen MR) is 129 cm³/mol. The molecule has 1 aromatic heterocycles. The van der Waals surface area contributed by atoms with Crippen molar-refractivity contribution in [3.8, 4) is 5.75 Å². The Labute approximate surface area is 195 Å². The molecule has 0 saturated carbocycles. The summed E-state index contributed by atoms with van der Waals surface area (Å²) in [5.74, 6) is 0.630. The molecule has 0 unspecified atom stereocenters. The highest BCUT2D eigenvalue weighted by molar-refractivity contribution is 9.10. The molecule has 0 spiro atoms. The maximum atomic E-state index is 13.2. The summed E-state index contributed by atoms with van der Waals surface area (Å²) in [5, 5.41) is 4.94. The third-order valence-electron chi connectivity index (χ3n) is 4.83. The molecule has 0 bridgehead atoms. The first-order valence-corrected chi connectivity index (χ1v) is 11.3. The Bertz CT molecular complexity index is 1200. The van der Waals surface area contributed by atoms with Crippen molar-refractivity contribution in [3.63, 3.8) is 0 Å². The van der Waals surface area contributed by atoms with Crippen LogP contribution < -0.4 is 10.3 Å². The lowest BCUT2D eigenvalue weighted by Gasteiger charge is -2.14. The third kappa shape index (κ3) is 5.62. The van der Waals surface area contributed by atoms with Crippen LogP contribution in [0.5, 0.6) is 5.75 Å². The van der Waals surface area contributed by atoms with Crippen molar-refractivity contribution in [2.24, 2.45) is 5.10 Å². The number of rotatable bonds is 8. The standard InChI is InChI=1S/C24H26BrN3O4/c1-5-16(4)23-27-20-11-10-18(25)12-19(20)24(30)28(23)26-13-17-8-6-7-9-21(17)31-14-22(29)32-15(2)3/h6-13,15-16H,5,14H2,1-4H3/t16-/m1/s1. The van der Waals surface area contributed by atoms with Gasteiger partial charge in [-0.15, -0.1) is 0 Å². The number of hydrogen-bond acceptors (Lipinski definition) is 6. The van der Waals surface area contributed by atoms with Crippen LogP contribution in [0.1, 0.15) is 51.4 Å². The second-order valence-corrected chi connectivity index (χ2v) is 8.58. The Balaban J connectivity index is 1.99. The van der Waals surface area contributed by atoms with E-state index in [9.17, 15) is 9.59 Å². The lowest BCUT2D eigenvalue weighted by atomic mass is 10.1. The lowest BCUT2D eigenvalue weighted by molar-refractivity contribution is -0.149. The van der Waals surface area contributed by atoms with E-state index in [4.69, 9.17) is 14.5 Å². The Morgan fingerprint density at radius 1 is 1.22 bits per heavy atom. The third-order valence-corrected chi connectivity index (χ3v) is 5.32. The van der Waals surface area contributed by atoms with E-state index in [1.165, 1.54) is 4.68 Å². The van der Waals surface area contributed by atoms with Crippen LogP contribution in [0.2, 0.25) is 0 Å². The molecule has 32 heavy (non-hydrogen) atoms. The predicted octanol–water partition coefficient (Wildman–Crippen LogP) is 4.89. The number of benzene rings is 2. The summed E-state index contributed by atoms with van der Waals surface area (Å²) < 4.78 is 12.9.